The molecule has 1 rings (SSSR count). The molecular formula is C14H19NO2. The van der Waals surface area contributed by atoms with Crippen LogP contribution in [0.3, 0.4) is 0 Å². The van der Waals surface area contributed by atoms with Crippen molar-refractivity contribution in [3.8, 4) is 6.07 Å². The van der Waals surface area contributed by atoms with Crippen LogP contribution in [0.4, 0.5) is 0 Å². The average molecular weight is 233 g/mol. The summed E-state index contributed by atoms with van der Waals surface area (Å²) in [6, 6.07) is 5.69. The molecule has 0 heterocycles. The van der Waals surface area contributed by atoms with Crippen LogP contribution in [-0.4, -0.2) is 16.3 Å². The standard InChI is InChI=1S/C14H19NO2/c1-4-10-6-9(3)7-11(5-2)13(10)14(17)12(16)8-15/h6-7,12,14,16-17H,4-5H2,1-3H3. The summed E-state index contributed by atoms with van der Waals surface area (Å²) >= 11 is 0. The summed E-state index contributed by atoms with van der Waals surface area (Å²) in [6.07, 6.45) is -0.933. The highest BCUT2D eigenvalue weighted by atomic mass is 16.3. The SMILES string of the molecule is CCc1cc(C)cc(CC)c1C(O)C(O)C#N. The molecule has 0 aliphatic carbocycles. The Morgan fingerprint density at radius 2 is 1.65 bits per heavy atom. The van der Waals surface area contributed by atoms with Gasteiger partial charge in [-0.2, -0.15) is 5.26 Å². The van der Waals surface area contributed by atoms with Gasteiger partial charge in [0, 0.05) is 0 Å². The monoisotopic (exact) mass is 233 g/mol. The minimum Gasteiger partial charge on any atom is -0.385 e. The Labute approximate surface area is 102 Å². The molecule has 2 atom stereocenters. The summed E-state index contributed by atoms with van der Waals surface area (Å²) in [5.74, 6) is 0. The maximum Gasteiger partial charge on any atom is 0.170 e. The molecule has 2 unspecified atom stereocenters. The number of rotatable bonds is 4. The summed E-state index contributed by atoms with van der Waals surface area (Å²) in [4.78, 5) is 0. The molecule has 0 bridgehead atoms. The van der Waals surface area contributed by atoms with E-state index >= 15 is 0 Å². The zero-order valence-electron chi connectivity index (χ0n) is 10.6. The van der Waals surface area contributed by atoms with Gasteiger partial charge in [0.15, 0.2) is 6.10 Å². The molecule has 0 saturated heterocycles. The Bertz CT molecular complexity index is 409. The third-order valence-corrected chi connectivity index (χ3v) is 2.98. The highest BCUT2D eigenvalue weighted by Crippen LogP contribution is 2.27. The second kappa shape index (κ2) is 5.81. The van der Waals surface area contributed by atoms with Crippen LogP contribution < -0.4 is 0 Å². The van der Waals surface area contributed by atoms with Gasteiger partial charge in [-0.15, -0.1) is 0 Å². The molecule has 92 valence electrons. The van der Waals surface area contributed by atoms with Crippen LogP contribution in [0.1, 0.15) is 42.2 Å². The molecule has 0 spiro atoms. The minimum absolute atomic E-state index is 0.717. The highest BCUT2D eigenvalue weighted by Gasteiger charge is 2.23. The van der Waals surface area contributed by atoms with Crippen molar-refractivity contribution in [2.24, 2.45) is 0 Å². The number of aryl methyl sites for hydroxylation is 3. The van der Waals surface area contributed by atoms with Gasteiger partial charge in [0.2, 0.25) is 0 Å². The number of aliphatic hydroxyl groups excluding tert-OH is 2. The van der Waals surface area contributed by atoms with Gasteiger partial charge in [0.1, 0.15) is 6.10 Å². The minimum atomic E-state index is -1.37. The predicted octanol–water partition coefficient (Wildman–Crippen LogP) is 2.04. The van der Waals surface area contributed by atoms with Crippen LogP contribution in [0.2, 0.25) is 0 Å². The van der Waals surface area contributed by atoms with Gasteiger partial charge in [-0.25, -0.2) is 0 Å². The Balaban J connectivity index is 3.34. The second-order valence-corrected chi connectivity index (χ2v) is 4.22. The van der Waals surface area contributed by atoms with E-state index in [0.717, 1.165) is 35.1 Å². The second-order valence-electron chi connectivity index (χ2n) is 4.22. The van der Waals surface area contributed by atoms with E-state index in [1.54, 1.807) is 6.07 Å². The van der Waals surface area contributed by atoms with Gasteiger partial charge in [-0.3, -0.25) is 0 Å². The van der Waals surface area contributed by atoms with Crippen LogP contribution in [0, 0.1) is 18.3 Å². The van der Waals surface area contributed by atoms with Crippen molar-refractivity contribution in [1.82, 2.24) is 0 Å². The van der Waals surface area contributed by atoms with Crippen LogP contribution in [0.25, 0.3) is 0 Å². The van der Waals surface area contributed by atoms with Crippen molar-refractivity contribution in [2.75, 3.05) is 0 Å². The molecule has 0 fully saturated rings. The molecule has 0 radical (unpaired) electrons. The Hall–Kier alpha value is -1.37. The van der Waals surface area contributed by atoms with Crippen molar-refractivity contribution in [2.45, 2.75) is 45.8 Å². The number of benzene rings is 1. The maximum atomic E-state index is 10.0. The van der Waals surface area contributed by atoms with Gasteiger partial charge < -0.3 is 10.2 Å². The fourth-order valence-electron chi connectivity index (χ4n) is 2.15. The van der Waals surface area contributed by atoms with E-state index in [9.17, 15) is 10.2 Å². The van der Waals surface area contributed by atoms with Gasteiger partial charge in [0.25, 0.3) is 0 Å². The molecule has 1 aromatic rings. The highest BCUT2D eigenvalue weighted by molar-refractivity contribution is 5.41. The normalized spacial score (nSPS) is 14.1. The van der Waals surface area contributed by atoms with E-state index in [1.165, 1.54) is 0 Å². The van der Waals surface area contributed by atoms with Crippen LogP contribution in [-0.2, 0) is 12.8 Å². The lowest BCUT2D eigenvalue weighted by atomic mass is 9.89. The number of hydrogen-bond acceptors (Lipinski definition) is 3. The third kappa shape index (κ3) is 2.85. The molecule has 17 heavy (non-hydrogen) atoms. The summed E-state index contributed by atoms with van der Waals surface area (Å²) < 4.78 is 0. The van der Waals surface area contributed by atoms with E-state index in [-0.39, 0.29) is 0 Å². The number of nitriles is 1. The third-order valence-electron chi connectivity index (χ3n) is 2.98. The molecule has 1 aromatic carbocycles. The lowest BCUT2D eigenvalue weighted by molar-refractivity contribution is 0.0516. The molecule has 3 nitrogen and oxygen atoms in total. The molecule has 0 aliphatic heterocycles. The van der Waals surface area contributed by atoms with E-state index < -0.39 is 12.2 Å². The molecule has 0 aliphatic rings. The van der Waals surface area contributed by atoms with E-state index in [4.69, 9.17) is 5.26 Å². The van der Waals surface area contributed by atoms with Crippen molar-refractivity contribution >= 4 is 0 Å². The fourth-order valence-corrected chi connectivity index (χ4v) is 2.15. The van der Waals surface area contributed by atoms with Gasteiger partial charge in [0.05, 0.1) is 6.07 Å². The Kier molecular flexibility index (Phi) is 4.68. The van der Waals surface area contributed by atoms with Crippen LogP contribution >= 0.6 is 0 Å². The molecule has 2 N–H and O–H groups in total. The number of nitrogens with zero attached hydrogens (tertiary/aromatic N) is 1. The first kappa shape index (κ1) is 13.7. The van der Waals surface area contributed by atoms with E-state index in [0.29, 0.717) is 0 Å². The molecule has 0 saturated carbocycles. The fraction of sp³-hybridized carbons (Fsp3) is 0.500. The van der Waals surface area contributed by atoms with Gasteiger partial charge >= 0.3 is 0 Å². The summed E-state index contributed by atoms with van der Waals surface area (Å²) in [6.45, 7) is 6.02. The van der Waals surface area contributed by atoms with Crippen molar-refractivity contribution in [1.29, 1.82) is 5.26 Å². The summed E-state index contributed by atoms with van der Waals surface area (Å²) in [5.41, 5.74) is 3.86. The van der Waals surface area contributed by atoms with Gasteiger partial charge in [-0.1, -0.05) is 31.5 Å². The number of hydrogen-bond donors (Lipinski definition) is 2. The average Bonchev–Trinajstić information content (AvgIpc) is 2.35. The van der Waals surface area contributed by atoms with Crippen LogP contribution in [0.15, 0.2) is 12.1 Å². The lowest BCUT2D eigenvalue weighted by Crippen LogP contribution is -2.19. The predicted molar refractivity (Wildman–Crippen MR) is 66.5 cm³/mol. The van der Waals surface area contributed by atoms with Crippen LogP contribution in [0.5, 0.6) is 0 Å². The Morgan fingerprint density at radius 1 is 1.18 bits per heavy atom. The van der Waals surface area contributed by atoms with Crippen molar-refractivity contribution < 1.29 is 10.2 Å². The smallest absolute Gasteiger partial charge is 0.170 e. The first-order valence-electron chi connectivity index (χ1n) is 5.93. The molecule has 0 aromatic heterocycles. The maximum absolute atomic E-state index is 10.0. The number of aliphatic hydroxyl groups is 2. The zero-order chi connectivity index (χ0) is 13.0. The quantitative estimate of drug-likeness (QED) is 0.782. The molecule has 3 heteroatoms. The van der Waals surface area contributed by atoms with E-state index in [1.807, 2.05) is 32.9 Å². The van der Waals surface area contributed by atoms with E-state index in [2.05, 4.69) is 0 Å². The Morgan fingerprint density at radius 3 is 2.00 bits per heavy atom. The van der Waals surface area contributed by atoms with Crippen molar-refractivity contribution in [3.63, 3.8) is 0 Å². The largest absolute Gasteiger partial charge is 0.385 e. The first-order chi connectivity index (χ1) is 8.04. The molecule has 0 amide bonds. The first-order valence-corrected chi connectivity index (χ1v) is 5.93. The molecular weight excluding hydrogens is 214 g/mol. The van der Waals surface area contributed by atoms with Crippen molar-refractivity contribution in [3.05, 3.63) is 34.4 Å². The lowest BCUT2D eigenvalue weighted by Gasteiger charge is -2.20. The topological polar surface area (TPSA) is 64.2 Å². The van der Waals surface area contributed by atoms with Gasteiger partial charge in [-0.05, 0) is 36.5 Å². The zero-order valence-corrected chi connectivity index (χ0v) is 10.6. The summed E-state index contributed by atoms with van der Waals surface area (Å²) in [7, 11) is 0. The summed E-state index contributed by atoms with van der Waals surface area (Å²) in [5, 5.41) is 28.2.